The van der Waals surface area contributed by atoms with E-state index in [9.17, 15) is 14.8 Å². The second-order valence-corrected chi connectivity index (χ2v) is 6.91. The highest BCUT2D eigenvalue weighted by Gasteiger charge is 2.30. The van der Waals surface area contributed by atoms with Gasteiger partial charge in [0.1, 0.15) is 0 Å². The van der Waals surface area contributed by atoms with E-state index in [1.807, 2.05) is 0 Å². The number of unbranched alkanes of at least 4 members (excludes halogenated alkanes) is 9. The summed E-state index contributed by atoms with van der Waals surface area (Å²) >= 11 is 0. The molecule has 1 aliphatic rings. The first-order chi connectivity index (χ1) is 11.7. The van der Waals surface area contributed by atoms with Gasteiger partial charge < -0.3 is 4.74 Å². The van der Waals surface area contributed by atoms with Gasteiger partial charge in [0.15, 0.2) is 0 Å². The molecular weight excluding hydrogens is 306 g/mol. The third-order valence-corrected chi connectivity index (χ3v) is 4.78. The van der Waals surface area contributed by atoms with Crippen LogP contribution in [0.3, 0.4) is 0 Å². The number of hydrogen-bond acceptors (Lipinski definition) is 4. The van der Waals surface area contributed by atoms with Crippen molar-refractivity contribution in [3.05, 3.63) is 0 Å². The molecule has 0 heterocycles. The lowest BCUT2D eigenvalue weighted by Gasteiger charge is -2.20. The van der Waals surface area contributed by atoms with Crippen LogP contribution in [0.15, 0.2) is 0 Å². The average molecular weight is 341 g/mol. The summed E-state index contributed by atoms with van der Waals surface area (Å²) < 4.78 is 4.97. The van der Waals surface area contributed by atoms with Crippen LogP contribution in [-0.4, -0.2) is 34.8 Å². The number of nitrogens with zero attached hydrogens (tertiary/aromatic N) is 1. The molecular formula is C19H35NO4. The van der Waals surface area contributed by atoms with Crippen LogP contribution in [0.2, 0.25) is 0 Å². The summed E-state index contributed by atoms with van der Waals surface area (Å²) in [6, 6.07) is -0.220. The van der Waals surface area contributed by atoms with Crippen molar-refractivity contribution in [3.8, 4) is 0 Å². The Morgan fingerprint density at radius 2 is 1.42 bits per heavy atom. The third-order valence-electron chi connectivity index (χ3n) is 4.78. The Morgan fingerprint density at radius 3 is 1.96 bits per heavy atom. The zero-order chi connectivity index (χ0) is 17.6. The van der Waals surface area contributed by atoms with E-state index in [0.717, 1.165) is 44.9 Å². The molecule has 140 valence electrons. The molecule has 0 aromatic heterocycles. The summed E-state index contributed by atoms with van der Waals surface area (Å²) in [5.74, 6) is -1.85. The van der Waals surface area contributed by atoms with E-state index in [1.54, 1.807) is 0 Å². The van der Waals surface area contributed by atoms with Crippen LogP contribution >= 0.6 is 0 Å². The van der Waals surface area contributed by atoms with Crippen molar-refractivity contribution in [2.75, 3.05) is 6.61 Å². The van der Waals surface area contributed by atoms with E-state index >= 15 is 0 Å². The molecule has 1 saturated carbocycles. The van der Waals surface area contributed by atoms with Gasteiger partial charge in [-0.25, -0.2) is 9.86 Å². The average Bonchev–Trinajstić information content (AvgIpc) is 3.12. The van der Waals surface area contributed by atoms with Gasteiger partial charge >= 0.3 is 11.9 Å². The molecule has 1 aliphatic carbocycles. The smallest absolute Gasteiger partial charge is 0.399 e. The SMILES string of the molecule is CCCCCCCCCCCCOC(=O)C(=O)N(O)C1CCCC1. The van der Waals surface area contributed by atoms with Crippen molar-refractivity contribution in [2.45, 2.75) is 103 Å². The Bertz CT molecular complexity index is 353. The highest BCUT2D eigenvalue weighted by atomic mass is 16.6. The van der Waals surface area contributed by atoms with Gasteiger partial charge in [-0.3, -0.25) is 10.0 Å². The van der Waals surface area contributed by atoms with Crippen molar-refractivity contribution in [3.63, 3.8) is 0 Å². The van der Waals surface area contributed by atoms with Crippen molar-refractivity contribution in [1.82, 2.24) is 5.06 Å². The second kappa shape index (κ2) is 13.2. The number of ether oxygens (including phenoxy) is 1. The summed E-state index contributed by atoms with van der Waals surface area (Å²) in [6.07, 6.45) is 15.6. The molecule has 1 amide bonds. The highest BCUT2D eigenvalue weighted by molar-refractivity contribution is 6.32. The molecule has 5 nitrogen and oxygen atoms in total. The summed E-state index contributed by atoms with van der Waals surface area (Å²) in [4.78, 5) is 23.4. The lowest BCUT2D eigenvalue weighted by atomic mass is 10.1. The van der Waals surface area contributed by atoms with Gasteiger partial charge in [0.05, 0.1) is 12.6 Å². The maximum atomic E-state index is 11.7. The number of hydrogen-bond donors (Lipinski definition) is 1. The first kappa shape index (κ1) is 20.9. The van der Waals surface area contributed by atoms with E-state index in [4.69, 9.17) is 4.74 Å². The molecule has 0 saturated heterocycles. The molecule has 0 radical (unpaired) electrons. The number of esters is 1. The molecule has 0 aromatic carbocycles. The van der Waals surface area contributed by atoms with Crippen molar-refractivity contribution < 1.29 is 19.5 Å². The van der Waals surface area contributed by atoms with Gasteiger partial charge in [-0.05, 0) is 19.3 Å². The third kappa shape index (κ3) is 8.67. The van der Waals surface area contributed by atoms with Gasteiger partial charge in [-0.2, -0.15) is 0 Å². The van der Waals surface area contributed by atoms with Gasteiger partial charge in [0.25, 0.3) is 0 Å². The van der Waals surface area contributed by atoms with Crippen LogP contribution in [-0.2, 0) is 14.3 Å². The summed E-state index contributed by atoms with van der Waals surface area (Å²) in [6.45, 7) is 2.49. The Kier molecular flexibility index (Phi) is 11.5. The first-order valence-electron chi connectivity index (χ1n) is 9.86. The zero-order valence-corrected chi connectivity index (χ0v) is 15.3. The maximum Gasteiger partial charge on any atom is 0.399 e. The van der Waals surface area contributed by atoms with E-state index < -0.39 is 11.9 Å². The molecule has 0 spiro atoms. The molecule has 24 heavy (non-hydrogen) atoms. The summed E-state index contributed by atoms with van der Waals surface area (Å²) in [7, 11) is 0. The van der Waals surface area contributed by atoms with Crippen molar-refractivity contribution >= 4 is 11.9 Å². The number of hydroxylamine groups is 2. The molecule has 1 rings (SSSR count). The van der Waals surface area contributed by atoms with Crippen molar-refractivity contribution in [1.29, 1.82) is 0 Å². The Hall–Kier alpha value is -1.10. The quantitative estimate of drug-likeness (QED) is 0.185. The topological polar surface area (TPSA) is 66.8 Å². The Balaban J connectivity index is 1.94. The van der Waals surface area contributed by atoms with Crippen LogP contribution in [0, 0.1) is 0 Å². The van der Waals surface area contributed by atoms with E-state index in [2.05, 4.69) is 6.92 Å². The Labute approximate surface area is 146 Å². The van der Waals surface area contributed by atoms with E-state index in [-0.39, 0.29) is 12.6 Å². The van der Waals surface area contributed by atoms with Gasteiger partial charge in [-0.1, -0.05) is 77.6 Å². The standard InChI is InChI=1S/C19H35NO4/c1-2-3-4-5-6-7-8-9-10-13-16-24-19(22)18(21)20(23)17-14-11-12-15-17/h17,23H,2-16H2,1H3. The normalized spacial score (nSPS) is 14.8. The maximum absolute atomic E-state index is 11.7. The fourth-order valence-corrected chi connectivity index (χ4v) is 3.22. The zero-order valence-electron chi connectivity index (χ0n) is 15.3. The molecule has 0 unspecified atom stereocenters. The lowest BCUT2D eigenvalue weighted by molar-refractivity contribution is -0.187. The Morgan fingerprint density at radius 1 is 0.917 bits per heavy atom. The minimum atomic E-state index is -0.930. The van der Waals surface area contributed by atoms with Crippen LogP contribution in [0.4, 0.5) is 0 Å². The number of amides is 1. The molecule has 0 bridgehead atoms. The predicted molar refractivity (Wildman–Crippen MR) is 93.7 cm³/mol. The minimum Gasteiger partial charge on any atom is -0.458 e. The monoisotopic (exact) mass is 341 g/mol. The van der Waals surface area contributed by atoms with Crippen LogP contribution in [0.1, 0.15) is 96.8 Å². The van der Waals surface area contributed by atoms with Crippen LogP contribution in [0.5, 0.6) is 0 Å². The number of carbonyl (C=O) groups excluding carboxylic acids is 2. The van der Waals surface area contributed by atoms with Gasteiger partial charge in [-0.15, -0.1) is 0 Å². The largest absolute Gasteiger partial charge is 0.458 e. The van der Waals surface area contributed by atoms with Crippen LogP contribution < -0.4 is 0 Å². The van der Waals surface area contributed by atoms with E-state index in [1.165, 1.54) is 44.9 Å². The molecule has 0 aromatic rings. The molecule has 1 N–H and O–H groups in total. The number of rotatable bonds is 12. The van der Waals surface area contributed by atoms with Crippen molar-refractivity contribution in [2.24, 2.45) is 0 Å². The predicted octanol–water partition coefficient (Wildman–Crippen LogP) is 4.61. The van der Waals surface area contributed by atoms with Gasteiger partial charge in [0, 0.05) is 0 Å². The number of carbonyl (C=O) groups is 2. The molecule has 0 atom stereocenters. The summed E-state index contributed by atoms with van der Waals surface area (Å²) in [5.41, 5.74) is 0. The van der Waals surface area contributed by atoms with E-state index in [0.29, 0.717) is 5.06 Å². The summed E-state index contributed by atoms with van der Waals surface area (Å²) in [5, 5.41) is 10.3. The second-order valence-electron chi connectivity index (χ2n) is 6.91. The molecule has 0 aliphatic heterocycles. The fraction of sp³-hybridized carbons (Fsp3) is 0.895. The molecule has 5 heteroatoms. The lowest BCUT2D eigenvalue weighted by Crippen LogP contribution is -2.41. The highest BCUT2D eigenvalue weighted by Crippen LogP contribution is 2.22. The fourth-order valence-electron chi connectivity index (χ4n) is 3.22. The first-order valence-corrected chi connectivity index (χ1v) is 9.86. The van der Waals surface area contributed by atoms with Gasteiger partial charge in [0.2, 0.25) is 0 Å². The minimum absolute atomic E-state index is 0.220. The van der Waals surface area contributed by atoms with Crippen LogP contribution in [0.25, 0.3) is 0 Å². The molecule has 1 fully saturated rings.